The first-order chi connectivity index (χ1) is 14.6. The van der Waals surface area contributed by atoms with Gasteiger partial charge in [-0.3, -0.25) is 0 Å². The summed E-state index contributed by atoms with van der Waals surface area (Å²) < 4.78 is 12.8. The van der Waals surface area contributed by atoms with Gasteiger partial charge in [-0.1, -0.05) is 64.1 Å². The minimum absolute atomic E-state index is 0.135. The lowest BCUT2D eigenvalue weighted by molar-refractivity contribution is -0.483. The van der Waals surface area contributed by atoms with E-state index in [-0.39, 0.29) is 11.1 Å². The molecule has 2 aliphatic rings. The van der Waals surface area contributed by atoms with Crippen molar-refractivity contribution in [3.63, 3.8) is 0 Å². The lowest BCUT2D eigenvalue weighted by Crippen LogP contribution is -2.46. The highest BCUT2D eigenvalue weighted by Gasteiger charge is 2.42. The van der Waals surface area contributed by atoms with Crippen molar-refractivity contribution in [2.45, 2.75) is 82.9 Å². The van der Waals surface area contributed by atoms with Gasteiger partial charge >= 0.3 is 0 Å². The van der Waals surface area contributed by atoms with Crippen molar-refractivity contribution in [1.29, 1.82) is 0 Å². The second-order valence-corrected chi connectivity index (χ2v) is 15.2. The normalized spacial score (nSPS) is 21.9. The zero-order valence-corrected chi connectivity index (χ0v) is 20.6. The minimum atomic E-state index is -1.95. The van der Waals surface area contributed by atoms with Crippen LogP contribution in [0.25, 0.3) is 16.3 Å². The summed E-state index contributed by atoms with van der Waals surface area (Å²) in [5.41, 5.74) is 1.93. The lowest BCUT2D eigenvalue weighted by atomic mass is 9.93. The molecule has 4 nitrogen and oxygen atoms in total. The van der Waals surface area contributed by atoms with Crippen LogP contribution < -0.4 is 4.43 Å². The van der Waals surface area contributed by atoms with E-state index in [0.29, 0.717) is 6.61 Å². The number of hydrogen-bond acceptors (Lipinski definition) is 4. The van der Waals surface area contributed by atoms with Crippen LogP contribution in [0.15, 0.2) is 43.0 Å². The van der Waals surface area contributed by atoms with Crippen molar-refractivity contribution in [1.82, 2.24) is 0 Å². The second-order valence-electron chi connectivity index (χ2n) is 10.5. The number of hydrogen-bond donors (Lipinski definition) is 0. The molecule has 1 aliphatic carbocycles. The Kier molecular flexibility index (Phi) is 6.07. The number of ether oxygens (including phenoxy) is 1. The first kappa shape index (κ1) is 22.5. The van der Waals surface area contributed by atoms with Crippen LogP contribution in [0.5, 0.6) is 5.75 Å². The molecule has 1 unspecified atom stereocenters. The van der Waals surface area contributed by atoms with Gasteiger partial charge in [-0.25, -0.2) is 9.78 Å². The molecule has 0 aromatic heterocycles. The van der Waals surface area contributed by atoms with Gasteiger partial charge in [0.1, 0.15) is 11.9 Å². The van der Waals surface area contributed by atoms with E-state index in [0.717, 1.165) is 53.3 Å². The topological polar surface area (TPSA) is 36.9 Å². The van der Waals surface area contributed by atoms with Crippen LogP contribution in [-0.2, 0) is 14.5 Å². The molecule has 0 bridgehead atoms. The van der Waals surface area contributed by atoms with Crippen molar-refractivity contribution >= 4 is 24.7 Å². The molecule has 168 valence electrons. The molecule has 2 fully saturated rings. The molecule has 1 heterocycles. The monoisotopic (exact) mass is 440 g/mol. The molecule has 5 heteroatoms. The van der Waals surface area contributed by atoms with E-state index in [9.17, 15) is 0 Å². The van der Waals surface area contributed by atoms with Gasteiger partial charge < -0.3 is 9.16 Å². The third kappa shape index (κ3) is 4.47. The van der Waals surface area contributed by atoms with Gasteiger partial charge in [-0.2, -0.15) is 0 Å². The van der Waals surface area contributed by atoms with Crippen LogP contribution in [0.2, 0.25) is 18.1 Å². The average Bonchev–Trinajstić information content (AvgIpc) is 2.74. The van der Waals surface area contributed by atoms with E-state index in [1.165, 1.54) is 6.42 Å². The summed E-state index contributed by atoms with van der Waals surface area (Å²) in [6.45, 7) is 16.2. The SMILES string of the molecule is C=C(c1ccc(O[Si](C)(C)C(C)(C)C)c2ccccc12)C1COC2(CCCCC2)OO1. The van der Waals surface area contributed by atoms with E-state index in [4.69, 9.17) is 18.9 Å². The van der Waals surface area contributed by atoms with E-state index < -0.39 is 14.1 Å². The fourth-order valence-corrected chi connectivity index (χ4v) is 5.18. The molecular weight excluding hydrogens is 404 g/mol. The predicted octanol–water partition coefficient (Wildman–Crippen LogP) is 7.24. The van der Waals surface area contributed by atoms with Crippen molar-refractivity contribution in [2.75, 3.05) is 6.61 Å². The summed E-state index contributed by atoms with van der Waals surface area (Å²) >= 11 is 0. The Morgan fingerprint density at radius 1 is 1.03 bits per heavy atom. The zero-order chi connectivity index (χ0) is 22.3. The molecule has 31 heavy (non-hydrogen) atoms. The van der Waals surface area contributed by atoms with Crippen LogP contribution in [0.1, 0.15) is 58.4 Å². The van der Waals surface area contributed by atoms with Crippen molar-refractivity contribution in [3.8, 4) is 5.75 Å². The van der Waals surface area contributed by atoms with Crippen LogP contribution in [0.3, 0.4) is 0 Å². The Labute approximate surface area is 187 Å². The number of fused-ring (bicyclic) bond motifs is 1. The molecule has 1 aliphatic heterocycles. The molecule has 2 aromatic carbocycles. The summed E-state index contributed by atoms with van der Waals surface area (Å²) in [6.07, 6.45) is 4.95. The number of rotatable bonds is 4. The molecule has 2 aromatic rings. The van der Waals surface area contributed by atoms with Gasteiger partial charge in [-0.05, 0) is 53.6 Å². The third-order valence-electron chi connectivity index (χ3n) is 7.22. The molecular formula is C26H36O4Si. The third-order valence-corrected chi connectivity index (χ3v) is 11.6. The lowest BCUT2D eigenvalue weighted by Gasteiger charge is -2.41. The second kappa shape index (κ2) is 8.36. The average molecular weight is 441 g/mol. The van der Waals surface area contributed by atoms with Gasteiger partial charge in [0.25, 0.3) is 8.32 Å². The summed E-state index contributed by atoms with van der Waals surface area (Å²) in [5.74, 6) is 0.384. The van der Waals surface area contributed by atoms with Gasteiger partial charge in [0.2, 0.25) is 5.79 Å². The first-order valence-corrected chi connectivity index (χ1v) is 14.4. The molecule has 1 atom stereocenters. The highest BCUT2D eigenvalue weighted by molar-refractivity contribution is 6.74. The van der Waals surface area contributed by atoms with E-state index >= 15 is 0 Å². The standard InChI is InChI=1S/C26H36O4Si/c1-19(24-18-27-26(30-28-24)16-10-7-11-17-26)20-14-15-23(22-13-9-8-12-21(20)22)29-31(5,6)25(2,3)4/h8-9,12-15,24H,1,7,10-11,16-18H2,2-6H3. The Morgan fingerprint density at radius 3 is 2.32 bits per heavy atom. The number of benzene rings is 2. The van der Waals surface area contributed by atoms with Crippen LogP contribution in [0.4, 0.5) is 0 Å². The fraction of sp³-hybridized carbons (Fsp3) is 0.538. The fourth-order valence-electron chi connectivity index (χ4n) is 4.14. The smallest absolute Gasteiger partial charge is 0.250 e. The van der Waals surface area contributed by atoms with Gasteiger partial charge in [0, 0.05) is 18.2 Å². The van der Waals surface area contributed by atoms with Crippen LogP contribution >= 0.6 is 0 Å². The minimum Gasteiger partial charge on any atom is -0.543 e. The summed E-state index contributed by atoms with van der Waals surface area (Å²) in [4.78, 5) is 11.6. The largest absolute Gasteiger partial charge is 0.543 e. The maximum Gasteiger partial charge on any atom is 0.250 e. The van der Waals surface area contributed by atoms with Gasteiger partial charge in [0.15, 0.2) is 0 Å². The highest BCUT2D eigenvalue weighted by atomic mass is 28.4. The summed E-state index contributed by atoms with van der Waals surface area (Å²) in [6, 6.07) is 12.5. The van der Waals surface area contributed by atoms with E-state index in [1.54, 1.807) is 0 Å². The zero-order valence-electron chi connectivity index (χ0n) is 19.6. The molecule has 1 spiro atoms. The van der Waals surface area contributed by atoms with Crippen LogP contribution in [-0.4, -0.2) is 26.8 Å². The Hall–Kier alpha value is -1.66. The van der Waals surface area contributed by atoms with Crippen molar-refractivity contribution in [2.24, 2.45) is 0 Å². The Balaban J connectivity index is 1.58. The summed E-state index contributed by atoms with van der Waals surface area (Å²) in [7, 11) is -1.95. The van der Waals surface area contributed by atoms with E-state index in [1.807, 2.05) is 0 Å². The molecule has 0 N–H and O–H groups in total. The first-order valence-electron chi connectivity index (χ1n) is 11.5. The molecule has 4 rings (SSSR count). The van der Waals surface area contributed by atoms with Crippen molar-refractivity contribution in [3.05, 3.63) is 48.5 Å². The maximum atomic E-state index is 6.66. The Bertz CT molecular complexity index is 944. The quantitative estimate of drug-likeness (QED) is 0.371. The van der Waals surface area contributed by atoms with Crippen molar-refractivity contribution < 1.29 is 18.9 Å². The Morgan fingerprint density at radius 2 is 1.71 bits per heavy atom. The molecule has 1 saturated heterocycles. The maximum absolute atomic E-state index is 6.66. The highest BCUT2D eigenvalue weighted by Crippen LogP contribution is 2.42. The molecule has 1 saturated carbocycles. The summed E-state index contributed by atoms with van der Waals surface area (Å²) in [5, 5.41) is 2.36. The molecule has 0 radical (unpaired) electrons. The predicted molar refractivity (Wildman–Crippen MR) is 129 cm³/mol. The van der Waals surface area contributed by atoms with Crippen LogP contribution in [0, 0.1) is 0 Å². The molecule has 0 amide bonds. The van der Waals surface area contributed by atoms with E-state index in [2.05, 4.69) is 76.8 Å². The van der Waals surface area contributed by atoms with Gasteiger partial charge in [0.05, 0.1) is 6.61 Å². The van der Waals surface area contributed by atoms with Gasteiger partial charge in [-0.15, -0.1) is 0 Å².